The highest BCUT2D eigenvalue weighted by molar-refractivity contribution is 7.93. The minimum Gasteiger partial charge on any atom is -0.280 e. The Labute approximate surface area is 94.7 Å². The Kier molecular flexibility index (Phi) is 3.90. The summed E-state index contributed by atoms with van der Waals surface area (Å²) in [6.07, 6.45) is 0.987. The summed E-state index contributed by atoms with van der Waals surface area (Å²) in [4.78, 5) is 0. The van der Waals surface area contributed by atoms with Crippen molar-refractivity contribution in [1.82, 2.24) is 10.2 Å². The molecule has 0 aliphatic rings. The first-order valence-corrected chi connectivity index (χ1v) is 6.53. The van der Waals surface area contributed by atoms with E-state index in [1.165, 1.54) is 0 Å². The van der Waals surface area contributed by atoms with Crippen molar-refractivity contribution in [1.29, 1.82) is 5.26 Å². The van der Waals surface area contributed by atoms with Crippen LogP contribution in [0.5, 0.6) is 0 Å². The van der Waals surface area contributed by atoms with Crippen LogP contribution in [0.1, 0.15) is 26.0 Å². The second kappa shape index (κ2) is 4.99. The zero-order chi connectivity index (χ0) is 12.2. The van der Waals surface area contributed by atoms with Crippen molar-refractivity contribution in [3.63, 3.8) is 0 Å². The lowest BCUT2D eigenvalue weighted by Crippen LogP contribution is -2.26. The summed E-state index contributed by atoms with van der Waals surface area (Å²) in [6, 6.07) is 3.36. The van der Waals surface area contributed by atoms with Crippen molar-refractivity contribution in [2.75, 3.05) is 4.72 Å². The molecule has 0 radical (unpaired) electrons. The lowest BCUT2D eigenvalue weighted by atomic mass is 10.3. The molecule has 1 unspecified atom stereocenters. The first kappa shape index (κ1) is 12.5. The molecule has 0 fully saturated rings. The maximum Gasteiger partial charge on any atom is 0.250 e. The van der Waals surface area contributed by atoms with Crippen LogP contribution in [0.4, 0.5) is 5.82 Å². The summed E-state index contributed by atoms with van der Waals surface area (Å²) in [6.45, 7) is 3.57. The third-order valence-electron chi connectivity index (χ3n) is 2.15. The van der Waals surface area contributed by atoms with E-state index in [0.717, 1.165) is 12.1 Å². The molecule has 88 valence electrons. The third-order valence-corrected chi connectivity index (χ3v) is 3.83. The van der Waals surface area contributed by atoms with Crippen molar-refractivity contribution >= 4 is 15.8 Å². The minimum absolute atomic E-state index is 0.227. The van der Waals surface area contributed by atoms with Crippen LogP contribution in [-0.4, -0.2) is 23.9 Å². The molecule has 0 amide bonds. The Bertz CT molecular complexity index is 486. The Hall–Kier alpha value is -1.55. The Morgan fingerprint density at radius 2 is 2.31 bits per heavy atom. The van der Waals surface area contributed by atoms with Crippen LogP contribution in [0, 0.1) is 11.3 Å². The molecule has 7 heteroatoms. The van der Waals surface area contributed by atoms with Crippen LogP contribution in [0.25, 0.3) is 0 Å². The number of hydrogen-bond acceptors (Lipinski definition) is 4. The number of aromatic amines is 1. The number of nitrogens with one attached hydrogen (secondary N) is 2. The number of aromatic nitrogens is 2. The largest absolute Gasteiger partial charge is 0.280 e. The van der Waals surface area contributed by atoms with Crippen LogP contribution in [0.2, 0.25) is 0 Å². The van der Waals surface area contributed by atoms with Gasteiger partial charge in [-0.1, -0.05) is 13.8 Å². The van der Waals surface area contributed by atoms with Gasteiger partial charge in [0, 0.05) is 11.8 Å². The number of rotatable bonds is 5. The number of H-pyrrole nitrogens is 1. The first-order chi connectivity index (χ1) is 7.53. The van der Waals surface area contributed by atoms with E-state index in [1.54, 1.807) is 19.1 Å². The molecule has 1 atom stereocenters. The molecule has 0 aromatic carbocycles. The second-order valence-electron chi connectivity index (χ2n) is 3.31. The standard InChI is InChI=1S/C9H14N4O2S/c1-3-7-5-9(12-11-7)13-16(14,15)8(4-2)6-10/h5,8H,3-4H2,1-2H3,(H2,11,12,13). The number of sulfonamides is 1. The van der Waals surface area contributed by atoms with Crippen LogP contribution in [-0.2, 0) is 16.4 Å². The summed E-state index contributed by atoms with van der Waals surface area (Å²) in [5.41, 5.74) is 0.836. The van der Waals surface area contributed by atoms with Crippen LogP contribution >= 0.6 is 0 Å². The lowest BCUT2D eigenvalue weighted by molar-refractivity contribution is 0.592. The van der Waals surface area contributed by atoms with E-state index in [2.05, 4.69) is 14.9 Å². The minimum atomic E-state index is -3.66. The molecular formula is C9H14N4O2S. The van der Waals surface area contributed by atoms with E-state index in [4.69, 9.17) is 5.26 Å². The van der Waals surface area contributed by atoms with E-state index in [0.29, 0.717) is 0 Å². The van der Waals surface area contributed by atoms with Gasteiger partial charge in [0.05, 0.1) is 6.07 Å². The van der Waals surface area contributed by atoms with E-state index >= 15 is 0 Å². The average Bonchev–Trinajstić information content (AvgIpc) is 2.66. The first-order valence-electron chi connectivity index (χ1n) is 4.99. The molecule has 0 spiro atoms. The monoisotopic (exact) mass is 242 g/mol. The highest BCUT2D eigenvalue weighted by atomic mass is 32.2. The lowest BCUT2D eigenvalue weighted by Gasteiger charge is -2.08. The molecule has 1 heterocycles. The quantitative estimate of drug-likeness (QED) is 0.805. The van der Waals surface area contributed by atoms with Crippen LogP contribution < -0.4 is 4.72 Å². The van der Waals surface area contributed by atoms with Crippen LogP contribution in [0.3, 0.4) is 0 Å². The Morgan fingerprint density at radius 3 is 2.75 bits per heavy atom. The molecule has 6 nitrogen and oxygen atoms in total. The zero-order valence-corrected chi connectivity index (χ0v) is 10.0. The zero-order valence-electron chi connectivity index (χ0n) is 9.19. The fraction of sp³-hybridized carbons (Fsp3) is 0.556. The fourth-order valence-corrected chi connectivity index (χ4v) is 2.31. The molecule has 0 saturated carbocycles. The van der Waals surface area contributed by atoms with Crippen molar-refractivity contribution < 1.29 is 8.42 Å². The van der Waals surface area contributed by atoms with Gasteiger partial charge >= 0.3 is 0 Å². The van der Waals surface area contributed by atoms with Crippen molar-refractivity contribution in [3.8, 4) is 6.07 Å². The van der Waals surface area contributed by atoms with E-state index < -0.39 is 15.3 Å². The molecular weight excluding hydrogens is 228 g/mol. The van der Waals surface area contributed by atoms with Gasteiger partial charge in [0.2, 0.25) is 10.0 Å². The predicted molar refractivity (Wildman–Crippen MR) is 60.2 cm³/mol. The van der Waals surface area contributed by atoms with E-state index in [-0.39, 0.29) is 12.2 Å². The van der Waals surface area contributed by atoms with Gasteiger partial charge < -0.3 is 0 Å². The number of nitriles is 1. The maximum atomic E-state index is 11.7. The van der Waals surface area contributed by atoms with Crippen molar-refractivity contribution in [2.45, 2.75) is 31.9 Å². The fourth-order valence-electron chi connectivity index (χ4n) is 1.19. The number of aryl methyl sites for hydroxylation is 1. The molecule has 0 bridgehead atoms. The van der Waals surface area contributed by atoms with Gasteiger partial charge in [-0.2, -0.15) is 10.4 Å². The van der Waals surface area contributed by atoms with Gasteiger partial charge in [-0.3, -0.25) is 9.82 Å². The SMILES string of the molecule is CCc1cc(NS(=O)(=O)C(C#N)CC)n[nH]1. The van der Waals surface area contributed by atoms with E-state index in [1.807, 2.05) is 6.92 Å². The van der Waals surface area contributed by atoms with E-state index in [9.17, 15) is 8.42 Å². The highest BCUT2D eigenvalue weighted by Gasteiger charge is 2.24. The summed E-state index contributed by atoms with van der Waals surface area (Å²) in [5.74, 6) is 0.227. The normalized spacial score (nSPS) is 13.1. The highest BCUT2D eigenvalue weighted by Crippen LogP contribution is 2.12. The molecule has 1 aromatic heterocycles. The van der Waals surface area contributed by atoms with Crippen molar-refractivity contribution in [2.24, 2.45) is 0 Å². The Morgan fingerprint density at radius 1 is 1.62 bits per heavy atom. The molecule has 0 saturated heterocycles. The number of nitrogens with zero attached hydrogens (tertiary/aromatic N) is 2. The van der Waals surface area contributed by atoms with Gasteiger partial charge in [0.25, 0.3) is 0 Å². The average molecular weight is 242 g/mol. The molecule has 0 aliphatic carbocycles. The van der Waals surface area contributed by atoms with Gasteiger partial charge in [-0.25, -0.2) is 8.42 Å². The van der Waals surface area contributed by atoms with Gasteiger partial charge in [-0.05, 0) is 12.8 Å². The smallest absolute Gasteiger partial charge is 0.250 e. The number of anilines is 1. The van der Waals surface area contributed by atoms with Crippen LogP contribution in [0.15, 0.2) is 6.07 Å². The second-order valence-corrected chi connectivity index (χ2v) is 5.17. The Balaban J connectivity index is 2.85. The summed E-state index contributed by atoms with van der Waals surface area (Å²) in [5, 5.41) is 14.1. The van der Waals surface area contributed by atoms with Gasteiger partial charge in [0.1, 0.15) is 0 Å². The molecule has 2 N–H and O–H groups in total. The molecule has 0 aliphatic heterocycles. The van der Waals surface area contributed by atoms with Crippen molar-refractivity contribution in [3.05, 3.63) is 11.8 Å². The molecule has 16 heavy (non-hydrogen) atoms. The van der Waals surface area contributed by atoms with Gasteiger partial charge in [0.15, 0.2) is 11.1 Å². The predicted octanol–water partition coefficient (Wildman–Crippen LogP) is 1.02. The topological polar surface area (TPSA) is 98.6 Å². The third kappa shape index (κ3) is 2.73. The summed E-state index contributed by atoms with van der Waals surface area (Å²) in [7, 11) is -3.66. The summed E-state index contributed by atoms with van der Waals surface area (Å²) >= 11 is 0. The van der Waals surface area contributed by atoms with Gasteiger partial charge in [-0.15, -0.1) is 0 Å². The summed E-state index contributed by atoms with van der Waals surface area (Å²) < 4.78 is 25.6. The molecule has 1 aromatic rings. The number of hydrogen-bond donors (Lipinski definition) is 2. The molecule has 1 rings (SSSR count). The maximum absolute atomic E-state index is 11.7.